The number of imidazole rings is 1. The van der Waals surface area contributed by atoms with Gasteiger partial charge in [-0.25, -0.2) is 9.78 Å². The molecule has 0 spiro atoms. The zero-order chi connectivity index (χ0) is 28.3. The molecule has 0 bridgehead atoms. The van der Waals surface area contributed by atoms with Gasteiger partial charge in [0.2, 0.25) is 0 Å². The first-order valence-corrected chi connectivity index (χ1v) is 14.1. The fourth-order valence-corrected chi connectivity index (χ4v) is 5.54. The van der Waals surface area contributed by atoms with Gasteiger partial charge >= 0.3 is 6.03 Å². The van der Waals surface area contributed by atoms with Crippen LogP contribution in [0.4, 0.5) is 10.5 Å². The lowest BCUT2D eigenvalue weighted by atomic mass is 10.1. The summed E-state index contributed by atoms with van der Waals surface area (Å²) in [6.45, 7) is 7.69. The maximum Gasteiger partial charge on any atom is 0.321 e. The molecule has 1 N–H and O–H groups in total. The number of pyridine rings is 1. The summed E-state index contributed by atoms with van der Waals surface area (Å²) in [7, 11) is 1.68. The van der Waals surface area contributed by atoms with Crippen LogP contribution in [0.15, 0.2) is 91.1 Å². The Morgan fingerprint density at radius 2 is 1.49 bits per heavy atom. The first-order valence-electron chi connectivity index (χ1n) is 14.1. The number of carbonyl (C=O) groups excluding carboxylic acids is 1. The minimum absolute atomic E-state index is 0.0386. The highest BCUT2D eigenvalue weighted by Crippen LogP contribution is 2.30. The number of hydrogen-bond acceptors (Lipinski definition) is 4. The van der Waals surface area contributed by atoms with Crippen molar-refractivity contribution in [3.8, 4) is 28.1 Å². The highest BCUT2D eigenvalue weighted by molar-refractivity contribution is 5.91. The van der Waals surface area contributed by atoms with Crippen molar-refractivity contribution in [2.75, 3.05) is 38.6 Å². The molecule has 7 nitrogen and oxygen atoms in total. The molecule has 3 heterocycles. The van der Waals surface area contributed by atoms with Gasteiger partial charge in [-0.05, 0) is 72.5 Å². The Morgan fingerprint density at radius 3 is 2.17 bits per heavy atom. The average molecular weight is 546 g/mol. The van der Waals surface area contributed by atoms with Gasteiger partial charge in [-0.3, -0.25) is 4.90 Å². The number of para-hydroxylation sites is 1. The van der Waals surface area contributed by atoms with Crippen molar-refractivity contribution in [1.29, 1.82) is 0 Å². The molecule has 2 amide bonds. The Kier molecular flexibility index (Phi) is 7.44. The van der Waals surface area contributed by atoms with Crippen LogP contribution in [-0.2, 0) is 6.54 Å². The van der Waals surface area contributed by atoms with Gasteiger partial charge in [0.1, 0.15) is 11.4 Å². The van der Waals surface area contributed by atoms with Crippen LogP contribution < -0.4 is 10.1 Å². The van der Waals surface area contributed by atoms with Gasteiger partial charge in [0.15, 0.2) is 0 Å². The maximum atomic E-state index is 13.1. The number of hydrogen-bond donors (Lipinski definition) is 1. The summed E-state index contributed by atoms with van der Waals surface area (Å²) >= 11 is 0. The molecule has 0 aliphatic carbocycles. The fraction of sp³-hybridized carbons (Fsp3) is 0.235. The summed E-state index contributed by atoms with van der Waals surface area (Å²) < 4.78 is 7.61. The Morgan fingerprint density at radius 1 is 0.805 bits per heavy atom. The molecule has 0 atom stereocenters. The smallest absolute Gasteiger partial charge is 0.321 e. The molecule has 5 aromatic rings. The number of aromatic nitrogens is 2. The number of nitrogens with one attached hydrogen (secondary N) is 1. The number of methoxy groups -OCH3 is 1. The number of anilines is 1. The van der Waals surface area contributed by atoms with Crippen molar-refractivity contribution in [3.05, 3.63) is 108 Å². The van der Waals surface area contributed by atoms with E-state index in [1.165, 1.54) is 5.56 Å². The van der Waals surface area contributed by atoms with E-state index >= 15 is 0 Å². The molecule has 1 aliphatic heterocycles. The third kappa shape index (κ3) is 5.54. The maximum absolute atomic E-state index is 13.1. The lowest BCUT2D eigenvalue weighted by Gasteiger charge is -2.35. The van der Waals surface area contributed by atoms with Crippen molar-refractivity contribution >= 4 is 17.4 Å². The second-order valence-electron chi connectivity index (χ2n) is 10.6. The zero-order valence-electron chi connectivity index (χ0n) is 23.8. The van der Waals surface area contributed by atoms with E-state index in [2.05, 4.69) is 69.3 Å². The van der Waals surface area contributed by atoms with E-state index in [4.69, 9.17) is 9.72 Å². The molecular formula is C34H35N5O2. The number of aryl methyl sites for hydroxylation is 2. The van der Waals surface area contributed by atoms with E-state index in [0.29, 0.717) is 13.1 Å². The van der Waals surface area contributed by atoms with Gasteiger partial charge in [0, 0.05) is 50.2 Å². The van der Waals surface area contributed by atoms with Crippen LogP contribution in [0.5, 0.6) is 5.75 Å². The van der Waals surface area contributed by atoms with Crippen molar-refractivity contribution in [2.24, 2.45) is 0 Å². The molecule has 7 heteroatoms. The van der Waals surface area contributed by atoms with Gasteiger partial charge < -0.3 is 19.4 Å². The van der Waals surface area contributed by atoms with Crippen LogP contribution in [0.3, 0.4) is 0 Å². The first-order chi connectivity index (χ1) is 20.0. The zero-order valence-corrected chi connectivity index (χ0v) is 23.8. The van der Waals surface area contributed by atoms with Crippen LogP contribution in [0.25, 0.3) is 28.0 Å². The molecule has 0 unspecified atom stereocenters. The summed E-state index contributed by atoms with van der Waals surface area (Å²) in [5.41, 5.74) is 9.44. The molecule has 2 aromatic heterocycles. The van der Waals surface area contributed by atoms with Gasteiger partial charge in [-0.1, -0.05) is 48.5 Å². The molecule has 6 rings (SSSR count). The summed E-state index contributed by atoms with van der Waals surface area (Å²) in [6, 6.07) is 28.8. The Labute approximate surface area is 241 Å². The van der Waals surface area contributed by atoms with E-state index in [9.17, 15) is 4.79 Å². The number of carbonyl (C=O) groups is 1. The second kappa shape index (κ2) is 11.5. The molecule has 0 saturated carbocycles. The van der Waals surface area contributed by atoms with E-state index in [1.54, 1.807) is 7.11 Å². The molecule has 41 heavy (non-hydrogen) atoms. The number of fused-ring (bicyclic) bond motifs is 1. The molecule has 0 radical (unpaired) electrons. The SMILES string of the molecule is COc1ccc(-c2nc3ccc(-c4ccccc4)cn3c2CN2CCN(C(=O)Nc3c(C)cccc3C)CC2)cc1. The Hall–Kier alpha value is -4.62. The lowest BCUT2D eigenvalue weighted by molar-refractivity contribution is 0.142. The molecular weight excluding hydrogens is 510 g/mol. The molecule has 1 fully saturated rings. The average Bonchev–Trinajstić information content (AvgIpc) is 3.37. The van der Waals surface area contributed by atoms with E-state index in [-0.39, 0.29) is 6.03 Å². The third-order valence-electron chi connectivity index (χ3n) is 7.93. The fourth-order valence-electron chi connectivity index (χ4n) is 5.54. The highest BCUT2D eigenvalue weighted by atomic mass is 16.5. The van der Waals surface area contributed by atoms with E-state index < -0.39 is 0 Å². The number of rotatable bonds is 6. The predicted octanol–water partition coefficient (Wildman–Crippen LogP) is 6.64. The second-order valence-corrected chi connectivity index (χ2v) is 10.6. The van der Waals surface area contributed by atoms with Crippen molar-refractivity contribution in [3.63, 3.8) is 0 Å². The molecule has 208 valence electrons. The quantitative estimate of drug-likeness (QED) is 0.260. The molecule has 1 saturated heterocycles. The first kappa shape index (κ1) is 26.6. The lowest BCUT2D eigenvalue weighted by Crippen LogP contribution is -2.49. The van der Waals surface area contributed by atoms with Crippen LogP contribution in [-0.4, -0.2) is 58.5 Å². The van der Waals surface area contributed by atoms with Crippen LogP contribution in [0, 0.1) is 13.8 Å². The molecule has 1 aliphatic rings. The topological polar surface area (TPSA) is 62.1 Å². The summed E-state index contributed by atoms with van der Waals surface area (Å²) in [6.07, 6.45) is 2.19. The van der Waals surface area contributed by atoms with Crippen molar-refractivity contribution in [2.45, 2.75) is 20.4 Å². The minimum atomic E-state index is -0.0386. The van der Waals surface area contributed by atoms with Gasteiger partial charge in [0.05, 0.1) is 18.5 Å². The van der Waals surface area contributed by atoms with E-state index in [1.807, 2.05) is 55.1 Å². The number of ether oxygens (including phenoxy) is 1. The van der Waals surface area contributed by atoms with Crippen LogP contribution in [0.2, 0.25) is 0 Å². The summed E-state index contributed by atoms with van der Waals surface area (Å²) in [4.78, 5) is 22.5. The number of benzene rings is 3. The third-order valence-corrected chi connectivity index (χ3v) is 7.93. The Bertz CT molecular complexity index is 1650. The minimum Gasteiger partial charge on any atom is -0.497 e. The van der Waals surface area contributed by atoms with Gasteiger partial charge in [-0.15, -0.1) is 0 Å². The largest absolute Gasteiger partial charge is 0.497 e. The number of nitrogens with zero attached hydrogens (tertiary/aromatic N) is 4. The summed E-state index contributed by atoms with van der Waals surface area (Å²) in [5, 5.41) is 3.14. The van der Waals surface area contributed by atoms with Crippen LogP contribution >= 0.6 is 0 Å². The van der Waals surface area contributed by atoms with Gasteiger partial charge in [0.25, 0.3) is 0 Å². The number of piperazine rings is 1. The Balaban J connectivity index is 1.25. The standard InChI is InChI=1S/C34H35N5O2/c1-24-8-7-9-25(2)32(24)36-34(40)38-20-18-37(19-21-38)23-30-33(27-12-15-29(41-3)16-13-27)35-31-17-14-28(22-39(30)31)26-10-5-4-6-11-26/h4-17,22H,18-21,23H2,1-3H3,(H,36,40). The monoisotopic (exact) mass is 545 g/mol. The van der Waals surface area contributed by atoms with Gasteiger partial charge in [-0.2, -0.15) is 0 Å². The predicted molar refractivity (Wildman–Crippen MR) is 164 cm³/mol. The van der Waals surface area contributed by atoms with Crippen molar-refractivity contribution < 1.29 is 9.53 Å². The summed E-state index contributed by atoms with van der Waals surface area (Å²) in [5.74, 6) is 0.820. The van der Waals surface area contributed by atoms with E-state index in [0.717, 1.165) is 70.4 Å². The molecule has 3 aromatic carbocycles. The number of urea groups is 1. The number of amides is 2. The van der Waals surface area contributed by atoms with Crippen molar-refractivity contribution in [1.82, 2.24) is 19.2 Å². The highest BCUT2D eigenvalue weighted by Gasteiger charge is 2.24. The van der Waals surface area contributed by atoms with Crippen LogP contribution in [0.1, 0.15) is 16.8 Å². The normalized spacial score (nSPS) is 13.9.